The first-order chi connectivity index (χ1) is 13.2. The van der Waals surface area contributed by atoms with Crippen molar-refractivity contribution in [2.75, 3.05) is 35.2 Å². The summed E-state index contributed by atoms with van der Waals surface area (Å²) in [5.74, 6) is 0.591. The Morgan fingerprint density at radius 2 is 1.78 bits per heavy atom. The Hall–Kier alpha value is -2.69. The Bertz CT molecular complexity index is 739. The molecule has 1 fully saturated rings. The third-order valence-corrected chi connectivity index (χ3v) is 4.81. The summed E-state index contributed by atoms with van der Waals surface area (Å²) < 4.78 is 5.57. The van der Waals surface area contributed by atoms with E-state index < -0.39 is 0 Å². The summed E-state index contributed by atoms with van der Waals surface area (Å²) in [4.78, 5) is 15.0. The maximum atomic E-state index is 12.6. The number of carbonyl (C=O) groups is 1. The Labute approximate surface area is 161 Å². The average Bonchev–Trinajstić information content (AvgIpc) is 2.71. The second-order valence-corrected chi connectivity index (χ2v) is 6.88. The predicted octanol–water partition coefficient (Wildman–Crippen LogP) is 4.51. The molecule has 0 aliphatic carbocycles. The van der Waals surface area contributed by atoms with Crippen LogP contribution in [0.4, 0.5) is 17.1 Å². The fourth-order valence-electron chi connectivity index (χ4n) is 3.33. The Balaban J connectivity index is 1.58. The van der Waals surface area contributed by atoms with E-state index in [2.05, 4.69) is 27.7 Å². The van der Waals surface area contributed by atoms with Crippen molar-refractivity contribution in [3.63, 3.8) is 0 Å². The van der Waals surface area contributed by atoms with Crippen molar-refractivity contribution in [3.05, 3.63) is 48.5 Å². The lowest BCUT2D eigenvalue weighted by Gasteiger charge is -2.29. The molecule has 0 spiro atoms. The number of benzene rings is 2. The highest BCUT2D eigenvalue weighted by molar-refractivity contribution is 5.97. The van der Waals surface area contributed by atoms with Crippen molar-refractivity contribution in [1.29, 1.82) is 0 Å². The molecule has 5 nitrogen and oxygen atoms in total. The van der Waals surface area contributed by atoms with E-state index in [-0.39, 0.29) is 11.9 Å². The number of rotatable bonds is 7. The molecule has 0 bridgehead atoms. The fourth-order valence-corrected chi connectivity index (χ4v) is 3.33. The topological polar surface area (TPSA) is 53.6 Å². The van der Waals surface area contributed by atoms with Gasteiger partial charge in [-0.1, -0.05) is 12.1 Å². The van der Waals surface area contributed by atoms with Crippen LogP contribution in [0.5, 0.6) is 5.75 Å². The summed E-state index contributed by atoms with van der Waals surface area (Å²) >= 11 is 0. The smallest absolute Gasteiger partial charge is 0.246 e. The van der Waals surface area contributed by atoms with Gasteiger partial charge >= 0.3 is 0 Å². The Kier molecular flexibility index (Phi) is 6.58. The minimum absolute atomic E-state index is 0.0951. The van der Waals surface area contributed by atoms with Crippen LogP contribution in [0, 0.1) is 0 Å². The second kappa shape index (κ2) is 9.31. The molecule has 3 rings (SSSR count). The molecule has 1 aliphatic rings. The maximum Gasteiger partial charge on any atom is 0.246 e. The van der Waals surface area contributed by atoms with Gasteiger partial charge in [0.05, 0.1) is 12.3 Å². The standard InChI is InChI=1S/C22H29N3O2/c1-3-27-21-10-6-5-9-20(21)24-22(26)17(2)23-18-11-13-19(14-12-18)25-15-7-4-8-16-25/h5-6,9-14,17,23H,3-4,7-8,15-16H2,1-2H3,(H,24,26)/t17-/m0/s1. The number of hydrogen-bond acceptors (Lipinski definition) is 4. The van der Waals surface area contributed by atoms with Crippen molar-refractivity contribution in [1.82, 2.24) is 0 Å². The Morgan fingerprint density at radius 3 is 2.48 bits per heavy atom. The number of piperidine rings is 1. The van der Waals surface area contributed by atoms with E-state index in [4.69, 9.17) is 4.74 Å². The van der Waals surface area contributed by atoms with E-state index in [0.717, 1.165) is 18.8 Å². The lowest BCUT2D eigenvalue weighted by atomic mass is 10.1. The summed E-state index contributed by atoms with van der Waals surface area (Å²) in [6.07, 6.45) is 3.86. The van der Waals surface area contributed by atoms with E-state index in [0.29, 0.717) is 18.0 Å². The highest BCUT2D eigenvalue weighted by Gasteiger charge is 2.15. The number of para-hydroxylation sites is 2. The highest BCUT2D eigenvalue weighted by atomic mass is 16.5. The molecular weight excluding hydrogens is 338 g/mol. The summed E-state index contributed by atoms with van der Waals surface area (Å²) in [5, 5.41) is 6.22. The van der Waals surface area contributed by atoms with Crippen molar-refractivity contribution < 1.29 is 9.53 Å². The molecule has 2 aromatic carbocycles. The number of nitrogens with one attached hydrogen (secondary N) is 2. The molecule has 2 N–H and O–H groups in total. The van der Waals surface area contributed by atoms with E-state index in [1.165, 1.54) is 24.9 Å². The van der Waals surface area contributed by atoms with E-state index in [1.54, 1.807) is 0 Å². The zero-order valence-corrected chi connectivity index (χ0v) is 16.2. The first-order valence-corrected chi connectivity index (χ1v) is 9.81. The summed E-state index contributed by atoms with van der Waals surface area (Å²) in [6, 6.07) is 15.5. The molecule has 0 radical (unpaired) electrons. The molecule has 0 saturated carbocycles. The van der Waals surface area contributed by atoms with Gasteiger partial charge in [0, 0.05) is 24.5 Å². The van der Waals surface area contributed by atoms with Gasteiger partial charge in [-0.2, -0.15) is 0 Å². The monoisotopic (exact) mass is 367 g/mol. The van der Waals surface area contributed by atoms with E-state index in [9.17, 15) is 4.79 Å². The number of carbonyl (C=O) groups excluding carboxylic acids is 1. The fraction of sp³-hybridized carbons (Fsp3) is 0.409. The Morgan fingerprint density at radius 1 is 1.07 bits per heavy atom. The number of nitrogens with zero attached hydrogens (tertiary/aromatic N) is 1. The first kappa shape index (κ1) is 19.1. The molecule has 0 unspecified atom stereocenters. The molecule has 0 aromatic heterocycles. The van der Waals surface area contributed by atoms with Gasteiger partial charge in [0.2, 0.25) is 5.91 Å². The highest BCUT2D eigenvalue weighted by Crippen LogP contribution is 2.25. The van der Waals surface area contributed by atoms with Crippen LogP contribution in [0.2, 0.25) is 0 Å². The van der Waals surface area contributed by atoms with Gasteiger partial charge in [-0.25, -0.2) is 0 Å². The molecule has 144 valence electrons. The van der Waals surface area contributed by atoms with Crippen LogP contribution in [0.15, 0.2) is 48.5 Å². The van der Waals surface area contributed by atoms with Crippen molar-refractivity contribution in [2.45, 2.75) is 39.2 Å². The van der Waals surface area contributed by atoms with Crippen LogP contribution in [0.3, 0.4) is 0 Å². The second-order valence-electron chi connectivity index (χ2n) is 6.88. The lowest BCUT2D eigenvalue weighted by molar-refractivity contribution is -0.116. The van der Waals surface area contributed by atoms with Gasteiger partial charge in [0.25, 0.3) is 0 Å². The minimum atomic E-state index is -0.361. The number of ether oxygens (including phenoxy) is 1. The predicted molar refractivity (Wildman–Crippen MR) is 112 cm³/mol. The summed E-state index contributed by atoms with van der Waals surface area (Å²) in [5.41, 5.74) is 2.89. The molecule has 5 heteroatoms. The van der Waals surface area contributed by atoms with Gasteiger partial charge in [0.15, 0.2) is 0 Å². The first-order valence-electron chi connectivity index (χ1n) is 9.81. The van der Waals surface area contributed by atoms with Crippen LogP contribution in [0.1, 0.15) is 33.1 Å². The third-order valence-electron chi connectivity index (χ3n) is 4.81. The van der Waals surface area contributed by atoms with Gasteiger partial charge in [-0.05, 0) is 69.5 Å². The van der Waals surface area contributed by atoms with Gasteiger partial charge in [-0.15, -0.1) is 0 Å². The van der Waals surface area contributed by atoms with Gasteiger partial charge < -0.3 is 20.3 Å². The summed E-state index contributed by atoms with van der Waals surface area (Å²) in [6.45, 7) is 6.60. The molecule has 1 heterocycles. The van der Waals surface area contributed by atoms with Gasteiger partial charge in [-0.3, -0.25) is 4.79 Å². The quantitative estimate of drug-likeness (QED) is 0.756. The van der Waals surface area contributed by atoms with Crippen LogP contribution >= 0.6 is 0 Å². The van der Waals surface area contributed by atoms with Crippen LogP contribution in [-0.2, 0) is 4.79 Å². The lowest BCUT2D eigenvalue weighted by Crippen LogP contribution is -2.32. The number of hydrogen-bond donors (Lipinski definition) is 2. The maximum absolute atomic E-state index is 12.6. The van der Waals surface area contributed by atoms with E-state index in [1.807, 2.05) is 50.2 Å². The summed E-state index contributed by atoms with van der Waals surface area (Å²) in [7, 11) is 0. The van der Waals surface area contributed by atoms with Crippen LogP contribution < -0.4 is 20.3 Å². The average molecular weight is 367 g/mol. The zero-order chi connectivity index (χ0) is 19.1. The van der Waals surface area contributed by atoms with E-state index >= 15 is 0 Å². The van der Waals surface area contributed by atoms with Gasteiger partial charge in [0.1, 0.15) is 11.8 Å². The molecule has 27 heavy (non-hydrogen) atoms. The zero-order valence-electron chi connectivity index (χ0n) is 16.2. The molecule has 1 saturated heterocycles. The van der Waals surface area contributed by atoms with Crippen molar-refractivity contribution >= 4 is 23.0 Å². The molecular formula is C22H29N3O2. The van der Waals surface area contributed by atoms with Crippen molar-refractivity contribution in [2.24, 2.45) is 0 Å². The number of amides is 1. The molecule has 2 aromatic rings. The normalized spacial score (nSPS) is 15.1. The number of anilines is 3. The molecule has 1 aliphatic heterocycles. The molecule has 1 amide bonds. The van der Waals surface area contributed by atoms with Crippen molar-refractivity contribution in [3.8, 4) is 5.75 Å². The largest absolute Gasteiger partial charge is 0.492 e. The molecule has 1 atom stereocenters. The minimum Gasteiger partial charge on any atom is -0.492 e. The SMILES string of the molecule is CCOc1ccccc1NC(=O)[C@H](C)Nc1ccc(N2CCCCC2)cc1. The van der Waals surface area contributed by atoms with Crippen LogP contribution in [0.25, 0.3) is 0 Å². The van der Waals surface area contributed by atoms with Crippen LogP contribution in [-0.4, -0.2) is 31.6 Å². The third kappa shape index (κ3) is 5.16.